The molecule has 1 unspecified atom stereocenters. The summed E-state index contributed by atoms with van der Waals surface area (Å²) in [4.78, 5) is 38.4. The number of aliphatic hydroxyl groups is 1. The highest BCUT2D eigenvalue weighted by atomic mass is 16.6. The topological polar surface area (TPSA) is 123 Å². The van der Waals surface area contributed by atoms with Gasteiger partial charge < -0.3 is 19.2 Å². The molecule has 9 nitrogen and oxygen atoms in total. The number of furan rings is 1. The van der Waals surface area contributed by atoms with Crippen molar-refractivity contribution in [1.82, 2.24) is 4.90 Å². The summed E-state index contributed by atoms with van der Waals surface area (Å²) in [6, 6.07) is 22.3. The maximum Gasteiger partial charge on any atom is 0.296 e. The molecule has 0 saturated carbocycles. The van der Waals surface area contributed by atoms with Crippen LogP contribution in [0.25, 0.3) is 5.76 Å². The van der Waals surface area contributed by atoms with Gasteiger partial charge in [0.05, 0.1) is 29.3 Å². The van der Waals surface area contributed by atoms with Gasteiger partial charge in [0.25, 0.3) is 17.4 Å². The van der Waals surface area contributed by atoms with Crippen LogP contribution >= 0.6 is 0 Å². The Kier molecular flexibility index (Phi) is 6.96. The van der Waals surface area contributed by atoms with Crippen molar-refractivity contribution in [3.63, 3.8) is 0 Å². The van der Waals surface area contributed by atoms with Gasteiger partial charge in [-0.2, -0.15) is 0 Å². The average molecular weight is 525 g/mol. The third kappa shape index (κ3) is 5.28. The van der Waals surface area contributed by atoms with Crippen LogP contribution in [0.4, 0.5) is 5.69 Å². The molecule has 0 radical (unpaired) electrons. The van der Waals surface area contributed by atoms with Gasteiger partial charge in [0.1, 0.15) is 23.9 Å². The third-order valence-electron chi connectivity index (χ3n) is 6.46. The largest absolute Gasteiger partial charge is 0.507 e. The predicted molar refractivity (Wildman–Crippen MR) is 142 cm³/mol. The zero-order valence-electron chi connectivity index (χ0n) is 20.9. The van der Waals surface area contributed by atoms with Crippen molar-refractivity contribution in [3.8, 4) is 5.75 Å². The average Bonchev–Trinajstić information content (AvgIpc) is 3.54. The standard InChI is InChI=1S/C30H24N2O7/c1-19-5-2-6-20(15-19)18-39-24-12-10-21(11-13-24)28(33)26-27(22-7-3-8-23(16-22)32(36)37)31(30(35)29(26)34)17-25-9-4-14-38-25/h2-16,27,33H,17-18H2,1H3/b28-26-. The number of aryl methyl sites for hydroxylation is 1. The quantitative estimate of drug-likeness (QED) is 0.103. The lowest BCUT2D eigenvalue weighted by molar-refractivity contribution is -0.384. The molecular formula is C30H24N2O7. The fraction of sp³-hybridized carbons (Fsp3) is 0.133. The molecule has 1 N–H and O–H groups in total. The van der Waals surface area contributed by atoms with E-state index >= 15 is 0 Å². The van der Waals surface area contributed by atoms with Gasteiger partial charge in [-0.15, -0.1) is 0 Å². The number of rotatable bonds is 8. The minimum absolute atomic E-state index is 0.0621. The number of non-ortho nitro benzene ring substituents is 1. The molecule has 39 heavy (non-hydrogen) atoms. The number of nitro groups is 1. The van der Waals surface area contributed by atoms with Crippen molar-refractivity contribution in [1.29, 1.82) is 0 Å². The van der Waals surface area contributed by atoms with Gasteiger partial charge in [0.15, 0.2) is 0 Å². The zero-order valence-corrected chi connectivity index (χ0v) is 20.9. The van der Waals surface area contributed by atoms with E-state index in [4.69, 9.17) is 9.15 Å². The van der Waals surface area contributed by atoms with Crippen LogP contribution in [0.5, 0.6) is 5.75 Å². The number of ether oxygens (including phenoxy) is 1. The molecule has 0 aliphatic carbocycles. The summed E-state index contributed by atoms with van der Waals surface area (Å²) in [5.74, 6) is -1.15. The first kappa shape index (κ1) is 25.5. The van der Waals surface area contributed by atoms with Crippen LogP contribution < -0.4 is 4.74 Å². The van der Waals surface area contributed by atoms with E-state index in [2.05, 4.69) is 0 Å². The van der Waals surface area contributed by atoms with Crippen molar-refractivity contribution in [2.45, 2.75) is 26.1 Å². The number of amides is 1. The molecule has 9 heteroatoms. The van der Waals surface area contributed by atoms with Crippen LogP contribution in [0.1, 0.15) is 34.1 Å². The number of benzene rings is 3. The minimum atomic E-state index is -1.06. The maximum absolute atomic E-state index is 13.2. The van der Waals surface area contributed by atoms with E-state index in [1.165, 1.54) is 29.4 Å². The molecule has 0 spiro atoms. The normalized spacial score (nSPS) is 16.4. The van der Waals surface area contributed by atoms with E-state index in [0.29, 0.717) is 29.2 Å². The maximum atomic E-state index is 13.2. The predicted octanol–water partition coefficient (Wildman–Crippen LogP) is 5.70. The number of nitro benzene ring substituents is 1. The molecule has 5 rings (SSSR count). The van der Waals surface area contributed by atoms with Crippen LogP contribution in [-0.4, -0.2) is 26.6 Å². The molecule has 1 fully saturated rings. The van der Waals surface area contributed by atoms with Crippen molar-refractivity contribution < 1.29 is 28.8 Å². The summed E-state index contributed by atoms with van der Waals surface area (Å²) in [7, 11) is 0. The Morgan fingerprint density at radius 3 is 2.49 bits per heavy atom. The van der Waals surface area contributed by atoms with Crippen molar-refractivity contribution in [2.24, 2.45) is 0 Å². The van der Waals surface area contributed by atoms with Crippen LogP contribution in [0.15, 0.2) is 101 Å². The zero-order chi connectivity index (χ0) is 27.5. The SMILES string of the molecule is Cc1cccc(COc2ccc(/C(O)=C3/C(=O)C(=O)N(Cc4ccco4)C3c3cccc([N+](=O)[O-])c3)cc2)c1. The number of likely N-dealkylation sites (tertiary alicyclic amines) is 1. The van der Waals surface area contributed by atoms with E-state index in [1.54, 1.807) is 42.5 Å². The summed E-state index contributed by atoms with van der Waals surface area (Å²) in [6.45, 7) is 2.30. The molecule has 4 aromatic rings. The molecule has 1 saturated heterocycles. The number of carbonyl (C=O) groups excluding carboxylic acids is 2. The molecule has 1 aliphatic rings. The van der Waals surface area contributed by atoms with E-state index in [0.717, 1.165) is 11.1 Å². The first-order valence-corrected chi connectivity index (χ1v) is 12.2. The molecule has 0 bridgehead atoms. The smallest absolute Gasteiger partial charge is 0.296 e. The number of hydrogen-bond donors (Lipinski definition) is 1. The number of carbonyl (C=O) groups is 2. The molecule has 1 amide bonds. The Bertz CT molecular complexity index is 1570. The monoisotopic (exact) mass is 524 g/mol. The summed E-state index contributed by atoms with van der Waals surface area (Å²) in [5.41, 5.74) is 2.37. The van der Waals surface area contributed by atoms with Crippen molar-refractivity contribution >= 4 is 23.1 Å². The minimum Gasteiger partial charge on any atom is -0.507 e. The molecule has 2 heterocycles. The van der Waals surface area contributed by atoms with Gasteiger partial charge >= 0.3 is 0 Å². The second-order valence-corrected chi connectivity index (χ2v) is 9.16. The number of nitrogens with zero attached hydrogens (tertiary/aromatic N) is 2. The highest BCUT2D eigenvalue weighted by Gasteiger charge is 2.46. The summed E-state index contributed by atoms with van der Waals surface area (Å²) < 4.78 is 11.2. The first-order valence-electron chi connectivity index (χ1n) is 12.2. The molecular weight excluding hydrogens is 500 g/mol. The van der Waals surface area contributed by atoms with E-state index in [9.17, 15) is 24.8 Å². The Balaban J connectivity index is 1.49. The second-order valence-electron chi connectivity index (χ2n) is 9.16. The lowest BCUT2D eigenvalue weighted by Gasteiger charge is -2.24. The highest BCUT2D eigenvalue weighted by molar-refractivity contribution is 6.46. The van der Waals surface area contributed by atoms with Crippen molar-refractivity contribution in [3.05, 3.63) is 135 Å². The van der Waals surface area contributed by atoms with Crippen LogP contribution in [0.2, 0.25) is 0 Å². The number of aliphatic hydroxyl groups excluding tert-OH is 1. The van der Waals surface area contributed by atoms with Crippen molar-refractivity contribution in [2.75, 3.05) is 0 Å². The van der Waals surface area contributed by atoms with E-state index in [-0.39, 0.29) is 17.8 Å². The lowest BCUT2D eigenvalue weighted by atomic mass is 9.95. The molecule has 1 aromatic heterocycles. The number of hydrogen-bond acceptors (Lipinski definition) is 7. The summed E-state index contributed by atoms with van der Waals surface area (Å²) in [5, 5.41) is 22.7. The second kappa shape index (κ2) is 10.7. The highest BCUT2D eigenvalue weighted by Crippen LogP contribution is 2.41. The van der Waals surface area contributed by atoms with Crippen LogP contribution in [0.3, 0.4) is 0 Å². The summed E-state index contributed by atoms with van der Waals surface area (Å²) >= 11 is 0. The fourth-order valence-electron chi connectivity index (χ4n) is 4.60. The Labute approximate surface area is 223 Å². The third-order valence-corrected chi connectivity index (χ3v) is 6.46. The van der Waals surface area contributed by atoms with Gasteiger partial charge in [-0.3, -0.25) is 19.7 Å². The molecule has 3 aromatic carbocycles. The Morgan fingerprint density at radius 1 is 1.03 bits per heavy atom. The molecule has 196 valence electrons. The van der Waals surface area contributed by atoms with Gasteiger partial charge in [0.2, 0.25) is 0 Å². The van der Waals surface area contributed by atoms with Crippen LogP contribution in [0, 0.1) is 17.0 Å². The lowest BCUT2D eigenvalue weighted by Crippen LogP contribution is -2.29. The summed E-state index contributed by atoms with van der Waals surface area (Å²) in [6.07, 6.45) is 1.44. The number of ketones is 1. The Morgan fingerprint density at radius 2 is 1.79 bits per heavy atom. The van der Waals surface area contributed by atoms with Crippen LogP contribution in [-0.2, 0) is 22.7 Å². The molecule has 1 aliphatic heterocycles. The first-order chi connectivity index (χ1) is 18.8. The van der Waals surface area contributed by atoms with Gasteiger partial charge in [-0.1, -0.05) is 42.0 Å². The van der Waals surface area contributed by atoms with Gasteiger partial charge in [-0.25, -0.2) is 0 Å². The fourth-order valence-corrected chi connectivity index (χ4v) is 4.60. The van der Waals surface area contributed by atoms with Gasteiger partial charge in [0, 0.05) is 17.7 Å². The number of Topliss-reactive ketones (excluding diaryl/α,β-unsaturated/α-hetero) is 1. The molecule has 1 atom stereocenters. The van der Waals surface area contributed by atoms with E-state index < -0.39 is 28.4 Å². The van der Waals surface area contributed by atoms with Gasteiger partial charge in [-0.05, 0) is 54.4 Å². The Hall–Kier alpha value is -5.18. The van der Waals surface area contributed by atoms with E-state index in [1.807, 2.05) is 31.2 Å².